The highest BCUT2D eigenvalue weighted by Gasteiger charge is 2.20. The minimum Gasteiger partial charge on any atom is -0.306 e. The first-order chi connectivity index (χ1) is 9.67. The average Bonchev–Trinajstić information content (AvgIpc) is 2.79. The molecule has 0 saturated heterocycles. The molecular weight excluding hydrogens is 350 g/mol. The van der Waals surface area contributed by atoms with Crippen LogP contribution < -0.4 is 5.32 Å². The molecule has 0 aliphatic heterocycles. The Hall–Kier alpha value is -0.290. The SMILES string of the molecule is CCCNC(c1ccccc1SC)c1sc(C)cc1Br. The molecule has 1 nitrogen and oxygen atoms in total. The molecule has 0 aliphatic rings. The van der Waals surface area contributed by atoms with Crippen LogP contribution in [0.25, 0.3) is 0 Å². The van der Waals surface area contributed by atoms with Crippen molar-refractivity contribution in [2.75, 3.05) is 12.8 Å². The van der Waals surface area contributed by atoms with Crippen molar-refractivity contribution in [3.63, 3.8) is 0 Å². The number of halogens is 1. The molecule has 108 valence electrons. The minimum absolute atomic E-state index is 0.270. The van der Waals surface area contributed by atoms with Crippen LogP contribution in [0.4, 0.5) is 0 Å². The van der Waals surface area contributed by atoms with E-state index in [4.69, 9.17) is 0 Å². The smallest absolute Gasteiger partial charge is 0.0693 e. The van der Waals surface area contributed by atoms with Gasteiger partial charge in [-0.3, -0.25) is 0 Å². The summed E-state index contributed by atoms with van der Waals surface area (Å²) in [5, 5.41) is 3.70. The largest absolute Gasteiger partial charge is 0.306 e. The molecule has 2 aromatic rings. The van der Waals surface area contributed by atoms with Crippen LogP contribution in [-0.2, 0) is 0 Å². The summed E-state index contributed by atoms with van der Waals surface area (Å²) in [7, 11) is 0. The van der Waals surface area contributed by atoms with Gasteiger partial charge in [0.2, 0.25) is 0 Å². The molecule has 1 atom stereocenters. The van der Waals surface area contributed by atoms with Gasteiger partial charge in [0.25, 0.3) is 0 Å². The first kappa shape index (κ1) is 16.1. The Bertz CT molecular complexity index is 565. The molecule has 0 amide bonds. The quantitative estimate of drug-likeness (QED) is 0.662. The number of rotatable bonds is 6. The second-order valence-corrected chi connectivity index (χ2v) is 7.69. The van der Waals surface area contributed by atoms with Crippen LogP contribution in [0.5, 0.6) is 0 Å². The molecule has 0 saturated carbocycles. The van der Waals surface area contributed by atoms with Gasteiger partial charge in [-0.2, -0.15) is 0 Å². The predicted octanol–water partition coefficient (Wildman–Crippen LogP) is 5.63. The first-order valence-electron chi connectivity index (χ1n) is 6.79. The van der Waals surface area contributed by atoms with Gasteiger partial charge in [0.1, 0.15) is 0 Å². The molecule has 4 heteroatoms. The van der Waals surface area contributed by atoms with Gasteiger partial charge >= 0.3 is 0 Å². The van der Waals surface area contributed by atoms with Gasteiger partial charge in [-0.15, -0.1) is 23.1 Å². The summed E-state index contributed by atoms with van der Waals surface area (Å²) >= 11 is 7.40. The topological polar surface area (TPSA) is 12.0 Å². The lowest BCUT2D eigenvalue weighted by molar-refractivity contribution is 0.597. The molecule has 1 aromatic heterocycles. The Kier molecular flexibility index (Phi) is 6.15. The molecule has 0 fully saturated rings. The zero-order valence-electron chi connectivity index (χ0n) is 12.1. The van der Waals surface area contributed by atoms with Gasteiger partial charge in [0.15, 0.2) is 0 Å². The highest BCUT2D eigenvalue weighted by molar-refractivity contribution is 9.10. The molecule has 0 bridgehead atoms. The Balaban J connectivity index is 2.44. The molecule has 0 aliphatic carbocycles. The standard InChI is InChI=1S/C16H20BrNS2/c1-4-9-18-15(16-13(17)10-11(2)20-16)12-7-5-6-8-14(12)19-3/h5-8,10,15,18H,4,9H2,1-3H3. The molecule has 0 spiro atoms. The monoisotopic (exact) mass is 369 g/mol. The zero-order valence-corrected chi connectivity index (χ0v) is 15.3. The number of thioether (sulfide) groups is 1. The fourth-order valence-corrected chi connectivity index (χ4v) is 4.85. The van der Waals surface area contributed by atoms with E-state index in [9.17, 15) is 0 Å². The van der Waals surface area contributed by atoms with E-state index in [-0.39, 0.29) is 6.04 Å². The van der Waals surface area contributed by atoms with E-state index >= 15 is 0 Å². The van der Waals surface area contributed by atoms with Gasteiger partial charge in [-0.05, 0) is 59.8 Å². The highest BCUT2D eigenvalue weighted by Crippen LogP contribution is 2.38. The summed E-state index contributed by atoms with van der Waals surface area (Å²) in [4.78, 5) is 4.06. The minimum atomic E-state index is 0.270. The van der Waals surface area contributed by atoms with Crippen LogP contribution in [-0.4, -0.2) is 12.8 Å². The van der Waals surface area contributed by atoms with E-state index in [1.807, 2.05) is 23.1 Å². The summed E-state index contributed by atoms with van der Waals surface area (Å²) < 4.78 is 1.21. The second-order valence-electron chi connectivity index (χ2n) is 4.70. The maximum atomic E-state index is 3.72. The molecule has 1 unspecified atom stereocenters. The van der Waals surface area contributed by atoms with Gasteiger partial charge in [0, 0.05) is 19.1 Å². The maximum absolute atomic E-state index is 3.72. The number of hydrogen-bond acceptors (Lipinski definition) is 3. The van der Waals surface area contributed by atoms with E-state index in [0.717, 1.165) is 13.0 Å². The van der Waals surface area contributed by atoms with Crippen molar-refractivity contribution < 1.29 is 0 Å². The van der Waals surface area contributed by atoms with Gasteiger partial charge in [0.05, 0.1) is 6.04 Å². The number of nitrogens with one attached hydrogen (secondary N) is 1. The third-order valence-electron chi connectivity index (χ3n) is 3.15. The number of thiophene rings is 1. The molecule has 20 heavy (non-hydrogen) atoms. The van der Waals surface area contributed by atoms with Crippen LogP contribution in [0, 0.1) is 6.92 Å². The van der Waals surface area contributed by atoms with Crippen LogP contribution in [0.1, 0.15) is 34.7 Å². The Morgan fingerprint density at radius 2 is 2.10 bits per heavy atom. The highest BCUT2D eigenvalue weighted by atomic mass is 79.9. The van der Waals surface area contributed by atoms with Gasteiger partial charge < -0.3 is 5.32 Å². The van der Waals surface area contributed by atoms with Crippen molar-refractivity contribution in [1.82, 2.24) is 5.32 Å². The van der Waals surface area contributed by atoms with Crippen LogP contribution in [0.2, 0.25) is 0 Å². The summed E-state index contributed by atoms with van der Waals surface area (Å²) in [6.07, 6.45) is 3.28. The van der Waals surface area contributed by atoms with E-state index in [1.165, 1.54) is 24.7 Å². The normalized spacial score (nSPS) is 12.6. The van der Waals surface area contributed by atoms with E-state index in [1.54, 1.807) is 0 Å². The van der Waals surface area contributed by atoms with Gasteiger partial charge in [-0.1, -0.05) is 25.1 Å². The first-order valence-corrected chi connectivity index (χ1v) is 9.63. The fourth-order valence-electron chi connectivity index (χ4n) is 2.24. The molecule has 1 N–H and O–H groups in total. The second kappa shape index (κ2) is 7.64. The average molecular weight is 370 g/mol. The lowest BCUT2D eigenvalue weighted by atomic mass is 10.1. The van der Waals surface area contributed by atoms with E-state index in [0.29, 0.717) is 0 Å². The van der Waals surface area contributed by atoms with Crippen molar-refractivity contribution in [2.24, 2.45) is 0 Å². The molecule has 0 radical (unpaired) electrons. The predicted molar refractivity (Wildman–Crippen MR) is 95.1 cm³/mol. The van der Waals surface area contributed by atoms with Crippen molar-refractivity contribution >= 4 is 39.0 Å². The molecular formula is C16H20BrNS2. The van der Waals surface area contributed by atoms with Crippen molar-refractivity contribution in [3.05, 3.63) is 50.1 Å². The third-order valence-corrected chi connectivity index (χ3v) is 5.99. The lowest BCUT2D eigenvalue weighted by Gasteiger charge is -2.21. The van der Waals surface area contributed by atoms with Crippen molar-refractivity contribution in [1.29, 1.82) is 0 Å². The number of hydrogen-bond donors (Lipinski definition) is 1. The van der Waals surface area contributed by atoms with E-state index < -0.39 is 0 Å². The van der Waals surface area contributed by atoms with Crippen molar-refractivity contribution in [2.45, 2.75) is 31.2 Å². The number of benzene rings is 1. The Morgan fingerprint density at radius 1 is 1.35 bits per heavy atom. The Labute approximate surface area is 138 Å². The lowest BCUT2D eigenvalue weighted by Crippen LogP contribution is -2.23. The molecule has 1 heterocycles. The molecule has 2 rings (SSSR count). The summed E-state index contributed by atoms with van der Waals surface area (Å²) in [6, 6.07) is 11.2. The maximum Gasteiger partial charge on any atom is 0.0693 e. The summed E-state index contributed by atoms with van der Waals surface area (Å²) in [6.45, 7) is 5.40. The Morgan fingerprint density at radius 3 is 2.70 bits per heavy atom. The fraction of sp³-hybridized carbons (Fsp3) is 0.375. The van der Waals surface area contributed by atoms with Crippen LogP contribution in [0.3, 0.4) is 0 Å². The summed E-state index contributed by atoms with van der Waals surface area (Å²) in [5.41, 5.74) is 1.37. The summed E-state index contributed by atoms with van der Waals surface area (Å²) in [5.74, 6) is 0. The van der Waals surface area contributed by atoms with E-state index in [2.05, 4.69) is 71.7 Å². The molecule has 1 aromatic carbocycles. The van der Waals surface area contributed by atoms with Crippen LogP contribution in [0.15, 0.2) is 39.7 Å². The van der Waals surface area contributed by atoms with Gasteiger partial charge in [-0.25, -0.2) is 0 Å². The zero-order chi connectivity index (χ0) is 14.5. The number of aryl methyl sites for hydroxylation is 1. The van der Waals surface area contributed by atoms with Crippen molar-refractivity contribution in [3.8, 4) is 0 Å². The third kappa shape index (κ3) is 3.67. The van der Waals surface area contributed by atoms with Crippen LogP contribution >= 0.6 is 39.0 Å².